The van der Waals surface area contributed by atoms with Crippen LogP contribution in [0, 0.1) is 11.8 Å². The number of oxime groups is 1. The Morgan fingerprint density at radius 2 is 1.57 bits per heavy atom. The average molecular weight is 1180 g/mol. The summed E-state index contributed by atoms with van der Waals surface area (Å²) in [6, 6.07) is 21.8. The van der Waals surface area contributed by atoms with Crippen LogP contribution >= 0.6 is 19.1 Å². The summed E-state index contributed by atoms with van der Waals surface area (Å²) in [5.74, 6) is -5.29. The number of aliphatic hydroxyl groups is 3. The summed E-state index contributed by atoms with van der Waals surface area (Å²) in [4.78, 5) is 58.5. The van der Waals surface area contributed by atoms with Crippen LogP contribution in [0.4, 0.5) is 10.2 Å². The number of ether oxygens (including phenoxy) is 4. The van der Waals surface area contributed by atoms with E-state index in [1.807, 2.05) is 78.6 Å². The Kier molecular flexibility index (Phi) is 23.2. The lowest BCUT2D eigenvalue weighted by atomic mass is 9.76. The van der Waals surface area contributed by atoms with Gasteiger partial charge in [0, 0.05) is 41.2 Å². The van der Waals surface area contributed by atoms with Gasteiger partial charge in [-0.3, -0.25) is 28.7 Å². The Hall–Kier alpha value is -5.36. The minimum Gasteiger partial charge on any atom is -0.457 e. The number of alkyl halides is 1. The van der Waals surface area contributed by atoms with Gasteiger partial charge in [0.15, 0.2) is 18.7 Å². The number of thiazole rings is 1. The van der Waals surface area contributed by atoms with Crippen LogP contribution in [0.1, 0.15) is 118 Å². The number of benzene rings is 2. The first kappa shape index (κ1) is 65.8. The van der Waals surface area contributed by atoms with Crippen molar-refractivity contribution in [1.82, 2.24) is 20.2 Å². The van der Waals surface area contributed by atoms with Crippen molar-refractivity contribution < 1.29 is 71.5 Å². The lowest BCUT2D eigenvalue weighted by Crippen LogP contribution is -2.60. The highest BCUT2D eigenvalue weighted by Crippen LogP contribution is 2.50. The van der Waals surface area contributed by atoms with Crippen LogP contribution in [0.2, 0.25) is 0 Å². The van der Waals surface area contributed by atoms with Crippen LogP contribution in [0.15, 0.2) is 101 Å². The van der Waals surface area contributed by atoms with E-state index in [2.05, 4.69) is 25.5 Å². The fraction of sp³-hybridized carbons (Fsp3) is 0.559. The van der Waals surface area contributed by atoms with Crippen molar-refractivity contribution in [3.05, 3.63) is 112 Å². The van der Waals surface area contributed by atoms with Gasteiger partial charge in [-0.15, -0.1) is 11.3 Å². The summed E-state index contributed by atoms with van der Waals surface area (Å²) in [5, 5.41) is 49.2. The maximum atomic E-state index is 17.0. The average Bonchev–Trinajstić information content (AvgIpc) is 3.93. The minimum absolute atomic E-state index is 0.0401. The summed E-state index contributed by atoms with van der Waals surface area (Å²) in [6.45, 7) is 14.8. The number of pyridine rings is 1. The smallest absolute Gasteiger partial charge is 0.434 e. The molecule has 450 valence electrons. The molecular weight excluding hydrogens is 1100 g/mol. The summed E-state index contributed by atoms with van der Waals surface area (Å²) in [6.07, 6.45) is -5.39. The number of carbonyl (C=O) groups is 3. The number of nitrogens with one attached hydrogen (secondary N) is 2. The number of aliphatic hydroxyl groups excluding tert-OH is 1. The summed E-state index contributed by atoms with van der Waals surface area (Å²) < 4.78 is 67.6. The number of ketones is 1. The molecule has 4 heterocycles. The van der Waals surface area contributed by atoms with Crippen molar-refractivity contribution in [2.75, 3.05) is 25.8 Å². The van der Waals surface area contributed by atoms with Gasteiger partial charge in [0.2, 0.25) is 5.91 Å². The van der Waals surface area contributed by atoms with E-state index in [9.17, 15) is 34.3 Å². The largest absolute Gasteiger partial charge is 0.457 e. The highest BCUT2D eigenvalue weighted by atomic mass is 32.1. The van der Waals surface area contributed by atoms with Gasteiger partial charge in [-0.1, -0.05) is 100 Å². The number of nitrogens with zero attached hydrogens (tertiary/aromatic N) is 4. The van der Waals surface area contributed by atoms with E-state index in [-0.39, 0.29) is 57.0 Å². The summed E-state index contributed by atoms with van der Waals surface area (Å²) in [7, 11) is -0.342. The molecular formula is C59H82FN6O14PS. The first-order valence-corrected chi connectivity index (χ1v) is 30.2. The number of carbonyl (C=O) groups excluding carboxylic acids is 3. The predicted molar refractivity (Wildman–Crippen MR) is 309 cm³/mol. The molecule has 0 saturated carbocycles. The van der Waals surface area contributed by atoms with Gasteiger partial charge in [-0.25, -0.2) is 18.7 Å². The molecule has 2 aliphatic heterocycles. The number of amides is 1. The lowest BCUT2D eigenvalue weighted by Gasteiger charge is -2.46. The number of allylic oxidation sites excluding steroid dienone is 1. The molecule has 1 fully saturated rings. The molecule has 2 aromatic carbocycles. The maximum absolute atomic E-state index is 17.0. The predicted octanol–water partition coefficient (Wildman–Crippen LogP) is 9.23. The van der Waals surface area contributed by atoms with E-state index in [1.54, 1.807) is 66.4 Å². The number of likely N-dealkylation sites (N-methyl/N-ethyl adjacent to an activating group) is 1. The molecule has 1 saturated heterocycles. The number of Topliss-reactive ketones (excluding diaryl/α,β-unsaturated/α-hetero) is 1. The molecule has 4 aromatic rings. The molecule has 2 aromatic heterocycles. The number of anilines is 1. The van der Waals surface area contributed by atoms with E-state index in [0.717, 1.165) is 18.1 Å². The maximum Gasteiger partial charge on any atom is 0.434 e. The zero-order chi connectivity index (χ0) is 60.2. The molecule has 12 atom stereocenters. The highest BCUT2D eigenvalue weighted by Gasteiger charge is 2.55. The third-order valence-electron chi connectivity index (χ3n) is 14.9. The molecule has 2 aliphatic rings. The van der Waals surface area contributed by atoms with Crippen LogP contribution in [0.25, 0.3) is 10.6 Å². The Morgan fingerprint density at radius 1 is 0.939 bits per heavy atom. The monoisotopic (exact) mass is 1180 g/mol. The quantitative estimate of drug-likeness (QED) is 0.0161. The molecule has 20 nitrogen and oxygen atoms in total. The van der Waals surface area contributed by atoms with Crippen molar-refractivity contribution in [2.24, 2.45) is 17.0 Å². The Morgan fingerprint density at radius 3 is 2.13 bits per heavy atom. The molecule has 0 radical (unpaired) electrons. The number of hydrogen-bond acceptors (Lipinski definition) is 19. The molecule has 6 rings (SSSR count). The van der Waals surface area contributed by atoms with Crippen molar-refractivity contribution in [3.8, 4) is 10.6 Å². The van der Waals surface area contributed by atoms with Gasteiger partial charge in [-0.2, -0.15) is 0 Å². The van der Waals surface area contributed by atoms with E-state index < -0.39 is 97.0 Å². The van der Waals surface area contributed by atoms with Gasteiger partial charge in [-0.05, 0) is 109 Å². The zero-order valence-corrected chi connectivity index (χ0v) is 50.7. The van der Waals surface area contributed by atoms with Crippen LogP contribution in [-0.2, 0) is 71.6 Å². The van der Waals surface area contributed by atoms with Gasteiger partial charge < -0.3 is 49.3 Å². The summed E-state index contributed by atoms with van der Waals surface area (Å²) >= 11 is 1.30. The van der Waals surface area contributed by atoms with Crippen LogP contribution in [0.5, 0.6) is 0 Å². The number of aromatic nitrogens is 2. The summed E-state index contributed by atoms with van der Waals surface area (Å²) in [5.41, 5.74) is -3.76. The molecule has 0 aliphatic carbocycles. The second-order valence-corrected chi connectivity index (χ2v) is 24.5. The number of halogens is 1. The Balaban J connectivity index is 1.22. The van der Waals surface area contributed by atoms with Gasteiger partial charge in [0.05, 0.1) is 49.0 Å². The third-order valence-corrected chi connectivity index (χ3v) is 17.2. The Labute approximate surface area is 484 Å². The van der Waals surface area contributed by atoms with Crippen molar-refractivity contribution in [3.63, 3.8) is 0 Å². The van der Waals surface area contributed by atoms with Gasteiger partial charge in [0.1, 0.15) is 34.7 Å². The minimum atomic E-state index is -3.91. The number of esters is 1. The first-order valence-electron chi connectivity index (χ1n) is 27.7. The fourth-order valence-electron chi connectivity index (χ4n) is 10.2. The van der Waals surface area contributed by atoms with Crippen LogP contribution in [-0.4, -0.2) is 134 Å². The molecule has 82 heavy (non-hydrogen) atoms. The molecule has 0 spiro atoms. The molecule has 1 amide bonds. The van der Waals surface area contributed by atoms with Crippen molar-refractivity contribution >= 4 is 48.3 Å². The zero-order valence-electron chi connectivity index (χ0n) is 49.0. The molecule has 0 bridgehead atoms. The van der Waals surface area contributed by atoms with Gasteiger partial charge in [0.25, 0.3) is 5.67 Å². The van der Waals surface area contributed by atoms with E-state index in [0.29, 0.717) is 40.6 Å². The lowest BCUT2D eigenvalue weighted by molar-refractivity contribution is -0.293. The van der Waals surface area contributed by atoms with Crippen LogP contribution in [0.3, 0.4) is 0 Å². The van der Waals surface area contributed by atoms with Crippen molar-refractivity contribution in [1.29, 1.82) is 0 Å². The number of cyclic esters (lactones) is 1. The van der Waals surface area contributed by atoms with E-state index in [4.69, 9.17) is 32.8 Å². The normalized spacial score (nSPS) is 29.0. The first-order chi connectivity index (χ1) is 38.7. The standard InChI is InChI=1S/C59H82FN6O14PS/c1-13-43(64-75-34-44-27-26-42(30-61-44)54-62-47(35-82-54)65-81(73,76-31-40-22-18-16-19-23-40)77-32-41-24-20-17-21-25-41)33-74-53-38(6)49(63-48(67)15-3)36(4)29-57(8,71)52(80-55-50(68)45(66(11)12)28-37(5)78-55)39(7)51(69)58(9,60)56(70)79-46(14-2)59(53,10)72/h16-27,30,35-37,39,45-46,50,52-53,55,68,71-72H,13-15,28-29,31-34H2,1-12H3,(H,63,67)(H,65,73)/t36-,37-,39+,45+,46-,50-,52-,53-,55+,57-,58+,59-/m1/s1. The molecule has 0 unspecified atom stereocenters. The van der Waals surface area contributed by atoms with E-state index in [1.165, 1.54) is 32.1 Å². The molecule has 5 N–H and O–H groups in total. The number of rotatable bonds is 22. The van der Waals surface area contributed by atoms with Gasteiger partial charge >= 0.3 is 13.7 Å². The molecule has 23 heteroatoms. The number of hydrogen-bond donors (Lipinski definition) is 5. The SMILES string of the molecule is CCC(=O)NC1=C(C)[C@@H](OCC(CC)=NOCc2ccc(-c3nc(NP(=O)(OCc4ccccc4)OCc4ccccc4)cs3)cn2)[C@](C)(O)[C@@H](CC)OC(=O)[C@@](C)(F)C(=O)[C@H](C)[C@@H](O[C@@H]2O[C@H](C)C[C@H](N(C)C)[C@H]2O)[C@](C)(O)C[C@H]1C. The van der Waals surface area contributed by atoms with Crippen molar-refractivity contribution in [2.45, 2.75) is 181 Å². The third kappa shape index (κ3) is 16.9. The fourth-order valence-corrected chi connectivity index (χ4v) is 12.3. The second kappa shape index (κ2) is 29.0. The Bertz CT molecular complexity index is 2810. The topological polar surface area (TPSA) is 259 Å². The van der Waals surface area contributed by atoms with E-state index >= 15 is 4.39 Å². The highest BCUT2D eigenvalue weighted by molar-refractivity contribution is 7.55. The second-order valence-electron chi connectivity index (χ2n) is 22.0. The van der Waals surface area contributed by atoms with Crippen LogP contribution < -0.4 is 10.4 Å².